The van der Waals surface area contributed by atoms with Gasteiger partial charge in [-0.3, -0.25) is 9.89 Å². The van der Waals surface area contributed by atoms with Crippen LogP contribution in [-0.4, -0.2) is 27.0 Å². The third-order valence-corrected chi connectivity index (χ3v) is 4.59. The van der Waals surface area contributed by atoms with Crippen molar-refractivity contribution in [1.29, 1.82) is 0 Å². The zero-order chi connectivity index (χ0) is 19.9. The normalized spacial score (nSPS) is 14.7. The highest BCUT2D eigenvalue weighted by Crippen LogP contribution is 2.37. The molecule has 0 saturated heterocycles. The summed E-state index contributed by atoms with van der Waals surface area (Å²) >= 11 is 5.83. The fourth-order valence-corrected chi connectivity index (χ4v) is 3.12. The predicted octanol–water partition coefficient (Wildman–Crippen LogP) is 5.13. The first-order valence-corrected chi connectivity index (χ1v) is 8.47. The Morgan fingerprint density at radius 2 is 2.04 bits per heavy atom. The second kappa shape index (κ2) is 7.10. The standard InChI is InChI=1S/C17H15ClF5N3O/c1-8-13(14(15(19)20)25-24-8)16(27)26(11-3-4-11)7-9-6-10(18)2-5-12(9)17(21,22)23/h2,5-6,11,15H,3-4,7H2,1H3,(H,24,25). The molecule has 0 unspecified atom stereocenters. The molecule has 2 aromatic rings. The van der Waals surface area contributed by atoms with Crippen LogP contribution in [0.5, 0.6) is 0 Å². The van der Waals surface area contributed by atoms with Crippen LogP contribution in [0.25, 0.3) is 0 Å². The Labute approximate surface area is 156 Å². The minimum atomic E-state index is -4.63. The van der Waals surface area contributed by atoms with Gasteiger partial charge in [0.2, 0.25) is 0 Å². The van der Waals surface area contributed by atoms with E-state index in [0.29, 0.717) is 12.8 Å². The molecule has 1 aliphatic rings. The molecule has 3 rings (SSSR count). The van der Waals surface area contributed by atoms with Gasteiger partial charge in [-0.1, -0.05) is 11.6 Å². The summed E-state index contributed by atoms with van der Waals surface area (Å²) in [7, 11) is 0. The summed E-state index contributed by atoms with van der Waals surface area (Å²) in [6.45, 7) is 1.03. The first-order valence-electron chi connectivity index (χ1n) is 8.09. The van der Waals surface area contributed by atoms with Crippen molar-refractivity contribution in [3.63, 3.8) is 0 Å². The Morgan fingerprint density at radius 1 is 1.37 bits per heavy atom. The number of hydrogen-bond acceptors (Lipinski definition) is 2. The number of alkyl halides is 5. The smallest absolute Gasteiger partial charge is 0.331 e. The average Bonchev–Trinajstić information content (AvgIpc) is 3.32. The Kier molecular flexibility index (Phi) is 5.16. The molecule has 146 valence electrons. The van der Waals surface area contributed by atoms with Gasteiger partial charge in [0.1, 0.15) is 5.69 Å². The lowest BCUT2D eigenvalue weighted by Crippen LogP contribution is -2.34. The number of aromatic nitrogens is 2. The van der Waals surface area contributed by atoms with Crippen molar-refractivity contribution in [2.45, 2.75) is 45.0 Å². The highest BCUT2D eigenvalue weighted by molar-refractivity contribution is 6.30. The van der Waals surface area contributed by atoms with Crippen molar-refractivity contribution >= 4 is 17.5 Å². The number of carbonyl (C=O) groups is 1. The zero-order valence-electron chi connectivity index (χ0n) is 14.1. The first-order chi connectivity index (χ1) is 12.6. The Hall–Kier alpha value is -2.16. The number of aryl methyl sites for hydroxylation is 1. The van der Waals surface area contributed by atoms with Gasteiger partial charge in [-0.15, -0.1) is 0 Å². The number of aromatic amines is 1. The molecule has 1 aromatic carbocycles. The van der Waals surface area contributed by atoms with Crippen molar-refractivity contribution in [1.82, 2.24) is 15.1 Å². The van der Waals surface area contributed by atoms with Crippen molar-refractivity contribution < 1.29 is 26.7 Å². The third kappa shape index (κ3) is 4.07. The van der Waals surface area contributed by atoms with Crippen LogP contribution in [0.4, 0.5) is 22.0 Å². The fraction of sp³-hybridized carbons (Fsp3) is 0.412. The lowest BCUT2D eigenvalue weighted by atomic mass is 10.1. The van der Waals surface area contributed by atoms with E-state index in [4.69, 9.17) is 11.6 Å². The molecule has 0 aliphatic heterocycles. The topological polar surface area (TPSA) is 49.0 Å². The minimum Gasteiger partial charge on any atom is -0.331 e. The number of benzene rings is 1. The Balaban J connectivity index is 1.99. The molecule has 1 heterocycles. The van der Waals surface area contributed by atoms with Gasteiger partial charge in [0, 0.05) is 23.3 Å². The van der Waals surface area contributed by atoms with Gasteiger partial charge in [0.25, 0.3) is 12.3 Å². The van der Waals surface area contributed by atoms with E-state index in [0.717, 1.165) is 18.2 Å². The number of H-pyrrole nitrogens is 1. The van der Waals surface area contributed by atoms with Crippen LogP contribution in [0.1, 0.15) is 52.1 Å². The summed E-state index contributed by atoms with van der Waals surface area (Å²) in [6, 6.07) is 2.80. The largest absolute Gasteiger partial charge is 0.416 e. The molecule has 1 saturated carbocycles. The van der Waals surface area contributed by atoms with E-state index in [1.165, 1.54) is 11.8 Å². The fourth-order valence-electron chi connectivity index (χ4n) is 2.93. The second-order valence-corrected chi connectivity index (χ2v) is 6.81. The summed E-state index contributed by atoms with van der Waals surface area (Å²) in [4.78, 5) is 14.1. The molecule has 1 amide bonds. The summed E-state index contributed by atoms with van der Waals surface area (Å²) in [5.74, 6) is -0.771. The molecule has 0 bridgehead atoms. The highest BCUT2D eigenvalue weighted by atomic mass is 35.5. The van der Waals surface area contributed by atoms with Crippen LogP contribution in [0.3, 0.4) is 0 Å². The number of hydrogen-bond donors (Lipinski definition) is 1. The lowest BCUT2D eigenvalue weighted by Gasteiger charge is -2.25. The average molecular weight is 408 g/mol. The predicted molar refractivity (Wildman–Crippen MR) is 87.6 cm³/mol. The van der Waals surface area contributed by atoms with Gasteiger partial charge in [0.05, 0.1) is 11.1 Å². The van der Waals surface area contributed by atoms with Gasteiger partial charge in [-0.25, -0.2) is 8.78 Å². The number of amides is 1. The quantitative estimate of drug-likeness (QED) is 0.698. The Bertz CT molecular complexity index is 861. The van der Waals surface area contributed by atoms with E-state index in [-0.39, 0.29) is 34.4 Å². The summed E-state index contributed by atoms with van der Waals surface area (Å²) in [5.41, 5.74) is -1.96. The SMILES string of the molecule is Cc1[nH]nc(C(F)F)c1C(=O)N(Cc1cc(Cl)ccc1C(F)(F)F)C1CC1. The first kappa shape index (κ1) is 19.6. The number of rotatable bonds is 5. The molecule has 10 heteroatoms. The van der Waals surface area contributed by atoms with Crippen LogP contribution in [0.15, 0.2) is 18.2 Å². The van der Waals surface area contributed by atoms with E-state index in [2.05, 4.69) is 10.2 Å². The number of nitrogens with zero attached hydrogens (tertiary/aromatic N) is 2. The van der Waals surface area contributed by atoms with Crippen LogP contribution in [-0.2, 0) is 12.7 Å². The van der Waals surface area contributed by atoms with E-state index in [1.54, 1.807) is 0 Å². The number of nitrogens with one attached hydrogen (secondary N) is 1. The van der Waals surface area contributed by atoms with Crippen LogP contribution >= 0.6 is 11.6 Å². The maximum Gasteiger partial charge on any atom is 0.416 e. The molecule has 27 heavy (non-hydrogen) atoms. The second-order valence-electron chi connectivity index (χ2n) is 6.37. The molecule has 1 aromatic heterocycles. The molecule has 0 spiro atoms. The molecule has 4 nitrogen and oxygen atoms in total. The van der Waals surface area contributed by atoms with E-state index < -0.39 is 29.8 Å². The van der Waals surface area contributed by atoms with Gasteiger partial charge < -0.3 is 4.90 Å². The van der Waals surface area contributed by atoms with E-state index in [1.807, 2.05) is 0 Å². The van der Waals surface area contributed by atoms with Crippen molar-refractivity contribution in [2.75, 3.05) is 0 Å². The Morgan fingerprint density at radius 3 is 2.59 bits per heavy atom. The molecular weight excluding hydrogens is 393 g/mol. The van der Waals surface area contributed by atoms with Gasteiger partial charge >= 0.3 is 6.18 Å². The maximum atomic E-state index is 13.3. The van der Waals surface area contributed by atoms with Gasteiger partial charge in [0.15, 0.2) is 0 Å². The molecule has 1 N–H and O–H groups in total. The lowest BCUT2D eigenvalue weighted by molar-refractivity contribution is -0.138. The molecule has 0 atom stereocenters. The van der Waals surface area contributed by atoms with E-state index in [9.17, 15) is 26.7 Å². The summed E-state index contributed by atoms with van der Waals surface area (Å²) < 4.78 is 66.2. The van der Waals surface area contributed by atoms with Gasteiger partial charge in [-0.2, -0.15) is 18.3 Å². The van der Waals surface area contributed by atoms with Crippen molar-refractivity contribution in [2.24, 2.45) is 0 Å². The van der Waals surface area contributed by atoms with Crippen LogP contribution in [0, 0.1) is 6.92 Å². The van der Waals surface area contributed by atoms with E-state index >= 15 is 0 Å². The van der Waals surface area contributed by atoms with Gasteiger partial charge in [-0.05, 0) is 43.5 Å². The summed E-state index contributed by atoms with van der Waals surface area (Å²) in [5, 5.41) is 5.89. The third-order valence-electron chi connectivity index (χ3n) is 4.36. The maximum absolute atomic E-state index is 13.3. The van der Waals surface area contributed by atoms with Crippen molar-refractivity contribution in [3.05, 3.63) is 51.3 Å². The zero-order valence-corrected chi connectivity index (χ0v) is 14.8. The molecule has 0 radical (unpaired) electrons. The molecule has 1 fully saturated rings. The molecular formula is C17H15ClF5N3O. The minimum absolute atomic E-state index is 0.0916. The molecule has 1 aliphatic carbocycles. The van der Waals surface area contributed by atoms with Crippen LogP contribution < -0.4 is 0 Å². The number of halogens is 6. The van der Waals surface area contributed by atoms with Crippen molar-refractivity contribution in [3.8, 4) is 0 Å². The highest BCUT2D eigenvalue weighted by Gasteiger charge is 2.39. The number of carbonyl (C=O) groups excluding carboxylic acids is 1. The van der Waals surface area contributed by atoms with Crippen LogP contribution in [0.2, 0.25) is 5.02 Å². The summed E-state index contributed by atoms with van der Waals surface area (Å²) in [6.07, 6.45) is -6.42. The monoisotopic (exact) mass is 407 g/mol.